The van der Waals surface area contributed by atoms with Gasteiger partial charge in [0, 0.05) is 5.02 Å². The molecule has 144 valence electrons. The second-order valence-electron chi connectivity index (χ2n) is 5.45. The average molecular weight is 431 g/mol. The molecule has 0 spiro atoms. The number of methoxy groups -OCH3 is 1. The Balaban J connectivity index is 2.30. The maximum atomic E-state index is 12.4. The summed E-state index contributed by atoms with van der Waals surface area (Å²) in [4.78, 5) is 24.2. The van der Waals surface area contributed by atoms with Gasteiger partial charge >= 0.3 is 5.97 Å². The molecule has 0 aliphatic carbocycles. The summed E-state index contributed by atoms with van der Waals surface area (Å²) in [7, 11) is -2.60. The zero-order valence-corrected chi connectivity index (χ0v) is 16.7. The van der Waals surface area contributed by atoms with Crippen molar-refractivity contribution in [1.29, 1.82) is 0 Å². The number of carbonyl (C=O) groups excluding carboxylic acids is 2. The van der Waals surface area contributed by atoms with Gasteiger partial charge < -0.3 is 10.1 Å². The fourth-order valence-electron chi connectivity index (χ4n) is 2.26. The van der Waals surface area contributed by atoms with Gasteiger partial charge in [-0.2, -0.15) is 0 Å². The number of esters is 1. The Morgan fingerprint density at radius 3 is 2.41 bits per heavy atom. The molecule has 0 aliphatic heterocycles. The van der Waals surface area contributed by atoms with Crippen molar-refractivity contribution in [3.05, 3.63) is 58.1 Å². The first-order valence-corrected chi connectivity index (χ1v) is 10.1. The van der Waals surface area contributed by atoms with E-state index in [0.717, 1.165) is 10.6 Å². The Hall–Kier alpha value is -2.29. The second-order valence-corrected chi connectivity index (χ2v) is 8.20. The minimum atomic E-state index is -3.82. The quantitative estimate of drug-likeness (QED) is 0.710. The predicted molar refractivity (Wildman–Crippen MR) is 105 cm³/mol. The lowest BCUT2D eigenvalue weighted by Gasteiger charge is -2.23. The number of sulfonamides is 1. The maximum Gasteiger partial charge on any atom is 0.339 e. The summed E-state index contributed by atoms with van der Waals surface area (Å²) < 4.78 is 29.8. The molecule has 27 heavy (non-hydrogen) atoms. The normalized spacial score (nSPS) is 11.0. The second kappa shape index (κ2) is 8.60. The number of hydrogen-bond donors (Lipinski definition) is 1. The summed E-state index contributed by atoms with van der Waals surface area (Å²) in [5, 5.41) is 2.92. The van der Waals surface area contributed by atoms with Crippen LogP contribution < -0.4 is 9.62 Å². The van der Waals surface area contributed by atoms with Gasteiger partial charge in [0.1, 0.15) is 6.54 Å². The fraction of sp³-hybridized carbons (Fsp3) is 0.176. The van der Waals surface area contributed by atoms with E-state index in [1.807, 2.05) is 0 Å². The monoisotopic (exact) mass is 430 g/mol. The molecule has 0 fully saturated rings. The molecular formula is C17H16Cl2N2O5S. The van der Waals surface area contributed by atoms with Crippen LogP contribution in [0.4, 0.5) is 11.4 Å². The number of halogens is 2. The van der Waals surface area contributed by atoms with Crippen LogP contribution in [0.15, 0.2) is 42.5 Å². The third-order valence-corrected chi connectivity index (χ3v) is 5.14. The van der Waals surface area contributed by atoms with Crippen LogP contribution in [0.3, 0.4) is 0 Å². The van der Waals surface area contributed by atoms with Crippen LogP contribution in [0.5, 0.6) is 0 Å². The van der Waals surface area contributed by atoms with E-state index in [-0.39, 0.29) is 22.0 Å². The van der Waals surface area contributed by atoms with E-state index < -0.39 is 28.4 Å². The molecule has 1 N–H and O–H groups in total. The lowest BCUT2D eigenvalue weighted by atomic mass is 10.2. The number of nitrogens with zero attached hydrogens (tertiary/aromatic N) is 1. The highest BCUT2D eigenvalue weighted by Crippen LogP contribution is 2.30. The summed E-state index contributed by atoms with van der Waals surface area (Å²) >= 11 is 11.9. The van der Waals surface area contributed by atoms with Gasteiger partial charge in [0.05, 0.1) is 35.3 Å². The SMILES string of the molecule is COC(=O)c1ccccc1NC(=O)CN(c1ccc(Cl)cc1Cl)S(C)(=O)=O. The summed E-state index contributed by atoms with van der Waals surface area (Å²) in [6.07, 6.45) is 0.952. The molecular weight excluding hydrogens is 415 g/mol. The minimum absolute atomic E-state index is 0.0793. The van der Waals surface area contributed by atoms with Gasteiger partial charge in [-0.25, -0.2) is 13.2 Å². The van der Waals surface area contributed by atoms with E-state index in [0.29, 0.717) is 5.02 Å². The highest BCUT2D eigenvalue weighted by molar-refractivity contribution is 7.92. The van der Waals surface area contributed by atoms with Crippen LogP contribution in [0.1, 0.15) is 10.4 Å². The van der Waals surface area contributed by atoms with Crippen LogP contribution in [-0.4, -0.2) is 40.2 Å². The molecule has 7 nitrogen and oxygen atoms in total. The standard InChI is InChI=1S/C17H16Cl2N2O5S/c1-26-17(23)12-5-3-4-6-14(12)20-16(22)10-21(27(2,24)25)15-8-7-11(18)9-13(15)19/h3-9H,10H2,1-2H3,(H,20,22). The smallest absolute Gasteiger partial charge is 0.339 e. The molecule has 2 rings (SSSR count). The van der Waals surface area contributed by atoms with Crippen LogP contribution >= 0.6 is 23.2 Å². The Morgan fingerprint density at radius 2 is 1.81 bits per heavy atom. The van der Waals surface area contributed by atoms with Crippen molar-refractivity contribution in [3.8, 4) is 0 Å². The Kier molecular flexibility index (Phi) is 6.69. The predicted octanol–water partition coefficient (Wildman–Crippen LogP) is 3.18. The lowest BCUT2D eigenvalue weighted by molar-refractivity contribution is -0.114. The summed E-state index contributed by atoms with van der Waals surface area (Å²) in [5.41, 5.74) is 0.453. The molecule has 0 aromatic heterocycles. The molecule has 2 aromatic rings. The number of para-hydroxylation sites is 1. The van der Waals surface area contributed by atoms with Crippen LogP contribution in [0.25, 0.3) is 0 Å². The van der Waals surface area contributed by atoms with Crippen LogP contribution in [0, 0.1) is 0 Å². The average Bonchev–Trinajstić information content (AvgIpc) is 2.59. The number of nitrogens with one attached hydrogen (secondary N) is 1. The first-order valence-electron chi connectivity index (χ1n) is 7.53. The third-order valence-electron chi connectivity index (χ3n) is 3.47. The fourth-order valence-corrected chi connectivity index (χ4v) is 3.69. The molecule has 2 aromatic carbocycles. The number of carbonyl (C=O) groups is 2. The van der Waals surface area contributed by atoms with Gasteiger partial charge in [0.25, 0.3) is 0 Å². The Morgan fingerprint density at radius 1 is 1.15 bits per heavy atom. The highest BCUT2D eigenvalue weighted by atomic mass is 35.5. The lowest BCUT2D eigenvalue weighted by Crippen LogP contribution is -2.37. The zero-order valence-electron chi connectivity index (χ0n) is 14.4. The van der Waals surface area contributed by atoms with Crippen molar-refractivity contribution in [2.75, 3.05) is 29.5 Å². The summed E-state index contributed by atoms with van der Waals surface area (Å²) in [6.45, 7) is -0.546. The van der Waals surface area contributed by atoms with E-state index in [9.17, 15) is 18.0 Å². The molecule has 0 atom stereocenters. The zero-order chi connectivity index (χ0) is 20.2. The van der Waals surface area contributed by atoms with Crippen molar-refractivity contribution in [2.45, 2.75) is 0 Å². The first-order chi connectivity index (χ1) is 12.6. The van der Waals surface area contributed by atoms with E-state index in [2.05, 4.69) is 10.1 Å². The third kappa shape index (κ3) is 5.35. The van der Waals surface area contributed by atoms with Gasteiger partial charge in [-0.3, -0.25) is 9.10 Å². The van der Waals surface area contributed by atoms with Crippen molar-refractivity contribution < 1.29 is 22.7 Å². The minimum Gasteiger partial charge on any atom is -0.465 e. The van der Waals surface area contributed by atoms with Gasteiger partial charge in [-0.1, -0.05) is 35.3 Å². The Labute approximate surface area is 166 Å². The largest absolute Gasteiger partial charge is 0.465 e. The molecule has 0 aliphatic rings. The number of rotatable bonds is 6. The van der Waals surface area contributed by atoms with Gasteiger partial charge in [0.15, 0.2) is 0 Å². The Bertz CT molecular complexity index is 979. The number of anilines is 2. The molecule has 1 amide bonds. The first kappa shape index (κ1) is 21.0. The molecule has 0 bridgehead atoms. The molecule has 10 heteroatoms. The molecule has 0 radical (unpaired) electrons. The van der Waals surface area contributed by atoms with Crippen molar-refractivity contribution >= 4 is 56.5 Å². The van der Waals surface area contributed by atoms with Crippen molar-refractivity contribution in [3.63, 3.8) is 0 Å². The van der Waals surface area contributed by atoms with Crippen molar-refractivity contribution in [2.24, 2.45) is 0 Å². The molecule has 0 unspecified atom stereocenters. The van der Waals surface area contributed by atoms with Gasteiger partial charge in [-0.15, -0.1) is 0 Å². The van der Waals surface area contributed by atoms with Crippen LogP contribution in [-0.2, 0) is 19.6 Å². The maximum absolute atomic E-state index is 12.4. The van der Waals surface area contributed by atoms with E-state index in [4.69, 9.17) is 23.2 Å². The van der Waals surface area contributed by atoms with Gasteiger partial charge in [0.2, 0.25) is 15.9 Å². The number of ether oxygens (including phenoxy) is 1. The topological polar surface area (TPSA) is 92.8 Å². The summed E-state index contributed by atoms with van der Waals surface area (Å²) in [5.74, 6) is -1.30. The molecule has 0 heterocycles. The van der Waals surface area contributed by atoms with E-state index in [1.165, 1.54) is 37.4 Å². The van der Waals surface area contributed by atoms with Gasteiger partial charge in [-0.05, 0) is 30.3 Å². The summed E-state index contributed by atoms with van der Waals surface area (Å²) in [6, 6.07) is 10.5. The van der Waals surface area contributed by atoms with Crippen molar-refractivity contribution in [1.82, 2.24) is 0 Å². The molecule has 0 saturated heterocycles. The number of hydrogen-bond acceptors (Lipinski definition) is 5. The van der Waals surface area contributed by atoms with E-state index >= 15 is 0 Å². The molecule has 0 saturated carbocycles. The number of amides is 1. The van der Waals surface area contributed by atoms with E-state index in [1.54, 1.807) is 12.1 Å². The highest BCUT2D eigenvalue weighted by Gasteiger charge is 2.24. The number of benzene rings is 2. The van der Waals surface area contributed by atoms with Crippen LogP contribution in [0.2, 0.25) is 10.0 Å².